The fourth-order valence-electron chi connectivity index (χ4n) is 0.998. The van der Waals surface area contributed by atoms with E-state index >= 15 is 0 Å². The molecule has 3 heteroatoms. The van der Waals surface area contributed by atoms with E-state index in [0.717, 1.165) is 6.54 Å². The number of hydrogen-bond donors (Lipinski definition) is 1. The quantitative estimate of drug-likeness (QED) is 0.690. The Kier molecular flexibility index (Phi) is 4.40. The molecule has 0 aliphatic heterocycles. The molecule has 70 valence electrons. The Bertz CT molecular complexity index is 175. The van der Waals surface area contributed by atoms with E-state index in [4.69, 9.17) is 0 Å². The van der Waals surface area contributed by atoms with Crippen LogP contribution in [0.25, 0.3) is 0 Å². The van der Waals surface area contributed by atoms with Crippen LogP contribution >= 0.6 is 0 Å². The van der Waals surface area contributed by atoms with Crippen molar-refractivity contribution >= 4 is 6.03 Å². The average molecular weight is 170 g/mol. The maximum Gasteiger partial charge on any atom is 0.321 e. The van der Waals surface area contributed by atoms with E-state index in [1.165, 1.54) is 0 Å². The van der Waals surface area contributed by atoms with Gasteiger partial charge in [0.2, 0.25) is 0 Å². The van der Waals surface area contributed by atoms with Crippen LogP contribution in [-0.4, -0.2) is 23.5 Å². The van der Waals surface area contributed by atoms with Crippen LogP contribution in [-0.2, 0) is 0 Å². The average Bonchev–Trinajstić information content (AvgIpc) is 1.85. The molecule has 0 bridgehead atoms. The van der Waals surface area contributed by atoms with E-state index in [0.29, 0.717) is 5.70 Å². The number of amides is 2. The number of carbonyl (C=O) groups is 1. The Morgan fingerprint density at radius 2 is 2.08 bits per heavy atom. The van der Waals surface area contributed by atoms with E-state index < -0.39 is 0 Å². The molecule has 0 spiro atoms. The summed E-state index contributed by atoms with van der Waals surface area (Å²) < 4.78 is 0. The van der Waals surface area contributed by atoms with Crippen LogP contribution in [0.2, 0.25) is 0 Å². The van der Waals surface area contributed by atoms with Gasteiger partial charge in [0, 0.05) is 18.3 Å². The summed E-state index contributed by atoms with van der Waals surface area (Å²) in [6.45, 7) is 12.0. The monoisotopic (exact) mass is 170 g/mol. The molecule has 0 aliphatic rings. The number of nitrogens with zero attached hydrogens (tertiary/aromatic N) is 1. The van der Waals surface area contributed by atoms with Crippen molar-refractivity contribution in [2.24, 2.45) is 0 Å². The van der Waals surface area contributed by atoms with E-state index in [9.17, 15) is 4.79 Å². The highest BCUT2D eigenvalue weighted by atomic mass is 16.2. The largest absolute Gasteiger partial charge is 0.322 e. The van der Waals surface area contributed by atoms with Crippen molar-refractivity contribution in [1.29, 1.82) is 0 Å². The molecule has 0 unspecified atom stereocenters. The van der Waals surface area contributed by atoms with Crippen molar-refractivity contribution < 1.29 is 4.79 Å². The summed E-state index contributed by atoms with van der Waals surface area (Å²) in [6.07, 6.45) is 0. The molecule has 0 saturated carbocycles. The molecule has 12 heavy (non-hydrogen) atoms. The van der Waals surface area contributed by atoms with Crippen LogP contribution in [0.1, 0.15) is 27.7 Å². The normalized spacial score (nSPS) is 9.75. The molecule has 0 atom stereocenters. The summed E-state index contributed by atoms with van der Waals surface area (Å²) >= 11 is 0. The first-order valence-corrected chi connectivity index (χ1v) is 4.22. The van der Waals surface area contributed by atoms with E-state index in [1.54, 1.807) is 11.8 Å². The first-order valence-electron chi connectivity index (χ1n) is 4.22. The zero-order chi connectivity index (χ0) is 9.72. The van der Waals surface area contributed by atoms with E-state index in [2.05, 4.69) is 11.9 Å². The number of urea groups is 1. The predicted octanol–water partition coefficient (Wildman–Crippen LogP) is 1.96. The van der Waals surface area contributed by atoms with Gasteiger partial charge in [-0.05, 0) is 27.7 Å². The lowest BCUT2D eigenvalue weighted by Crippen LogP contribution is -2.42. The van der Waals surface area contributed by atoms with Crippen molar-refractivity contribution in [2.75, 3.05) is 6.54 Å². The van der Waals surface area contributed by atoms with Gasteiger partial charge in [-0.2, -0.15) is 0 Å². The zero-order valence-electron chi connectivity index (χ0n) is 8.35. The van der Waals surface area contributed by atoms with Gasteiger partial charge in [-0.25, -0.2) is 4.79 Å². The van der Waals surface area contributed by atoms with Crippen molar-refractivity contribution in [3.8, 4) is 0 Å². The highest BCUT2D eigenvalue weighted by molar-refractivity contribution is 5.76. The maximum atomic E-state index is 11.4. The number of hydrogen-bond acceptors (Lipinski definition) is 1. The molecule has 0 radical (unpaired) electrons. The second kappa shape index (κ2) is 4.80. The second-order valence-electron chi connectivity index (χ2n) is 3.09. The van der Waals surface area contributed by atoms with Gasteiger partial charge in [-0.15, -0.1) is 0 Å². The molecular formula is C9H18N2O. The van der Waals surface area contributed by atoms with Crippen LogP contribution in [0, 0.1) is 0 Å². The maximum absolute atomic E-state index is 11.4. The fourth-order valence-corrected chi connectivity index (χ4v) is 0.998. The summed E-state index contributed by atoms with van der Waals surface area (Å²) in [4.78, 5) is 13.1. The third kappa shape index (κ3) is 3.42. The van der Waals surface area contributed by atoms with Crippen molar-refractivity contribution in [3.63, 3.8) is 0 Å². The summed E-state index contributed by atoms with van der Waals surface area (Å²) in [5, 5.41) is 2.67. The van der Waals surface area contributed by atoms with Gasteiger partial charge < -0.3 is 10.2 Å². The number of nitrogens with one attached hydrogen (secondary N) is 1. The zero-order valence-corrected chi connectivity index (χ0v) is 8.35. The molecule has 0 aromatic rings. The molecule has 1 N–H and O–H groups in total. The highest BCUT2D eigenvalue weighted by Gasteiger charge is 2.13. The van der Waals surface area contributed by atoms with Gasteiger partial charge in [-0.3, -0.25) is 0 Å². The van der Waals surface area contributed by atoms with Crippen LogP contribution < -0.4 is 5.32 Å². The Hall–Kier alpha value is -0.990. The minimum absolute atomic E-state index is 0.0694. The second-order valence-corrected chi connectivity index (χ2v) is 3.09. The highest BCUT2D eigenvalue weighted by Crippen LogP contribution is 1.98. The van der Waals surface area contributed by atoms with Gasteiger partial charge in [0.05, 0.1) is 0 Å². The first-order chi connectivity index (χ1) is 5.49. The van der Waals surface area contributed by atoms with E-state index in [-0.39, 0.29) is 12.1 Å². The van der Waals surface area contributed by atoms with Gasteiger partial charge in [-0.1, -0.05) is 6.58 Å². The lowest BCUT2D eigenvalue weighted by molar-refractivity contribution is 0.190. The third-order valence-electron chi connectivity index (χ3n) is 1.55. The number of allylic oxidation sites excluding steroid dienone is 1. The molecule has 0 heterocycles. The topological polar surface area (TPSA) is 32.3 Å². The van der Waals surface area contributed by atoms with Gasteiger partial charge in [0.25, 0.3) is 0 Å². The Morgan fingerprint density at radius 3 is 2.33 bits per heavy atom. The Morgan fingerprint density at radius 1 is 1.58 bits per heavy atom. The first kappa shape index (κ1) is 11.0. The van der Waals surface area contributed by atoms with Crippen molar-refractivity contribution in [3.05, 3.63) is 12.3 Å². The smallest absolute Gasteiger partial charge is 0.321 e. The Balaban J connectivity index is 4.12. The summed E-state index contributed by atoms with van der Waals surface area (Å²) in [5.41, 5.74) is 0.680. The third-order valence-corrected chi connectivity index (χ3v) is 1.55. The Labute approximate surface area is 74.4 Å². The standard InChI is InChI=1S/C9H18N2O/c1-6-11(8(4)5)9(12)10-7(2)3/h8H,2,6H2,1,3-5H3,(H,10,12). The molecule has 0 saturated heterocycles. The summed E-state index contributed by atoms with van der Waals surface area (Å²) in [5.74, 6) is 0. The SMILES string of the molecule is C=C(C)NC(=O)N(CC)C(C)C. The van der Waals surface area contributed by atoms with Gasteiger partial charge >= 0.3 is 6.03 Å². The summed E-state index contributed by atoms with van der Waals surface area (Å²) in [6, 6.07) is 0.161. The van der Waals surface area contributed by atoms with Crippen LogP contribution in [0.3, 0.4) is 0 Å². The van der Waals surface area contributed by atoms with Crippen LogP contribution in [0.15, 0.2) is 12.3 Å². The van der Waals surface area contributed by atoms with E-state index in [1.807, 2.05) is 20.8 Å². The molecule has 0 aromatic heterocycles. The molecular weight excluding hydrogens is 152 g/mol. The minimum Gasteiger partial charge on any atom is -0.322 e. The van der Waals surface area contributed by atoms with Gasteiger partial charge in [0.15, 0.2) is 0 Å². The van der Waals surface area contributed by atoms with Crippen LogP contribution in [0.5, 0.6) is 0 Å². The van der Waals surface area contributed by atoms with Crippen molar-refractivity contribution in [2.45, 2.75) is 33.7 Å². The lowest BCUT2D eigenvalue weighted by atomic mass is 10.3. The fraction of sp³-hybridized carbons (Fsp3) is 0.667. The number of rotatable bonds is 3. The molecule has 3 nitrogen and oxygen atoms in total. The molecule has 0 fully saturated rings. The summed E-state index contributed by atoms with van der Waals surface area (Å²) in [7, 11) is 0. The van der Waals surface area contributed by atoms with Crippen LogP contribution in [0.4, 0.5) is 4.79 Å². The molecule has 0 aliphatic carbocycles. The number of carbonyl (C=O) groups excluding carboxylic acids is 1. The minimum atomic E-state index is -0.0694. The van der Waals surface area contributed by atoms with Crippen molar-refractivity contribution in [1.82, 2.24) is 10.2 Å². The molecule has 0 rings (SSSR count). The van der Waals surface area contributed by atoms with Gasteiger partial charge in [0.1, 0.15) is 0 Å². The molecule has 0 aromatic carbocycles. The lowest BCUT2D eigenvalue weighted by Gasteiger charge is -2.25. The molecule has 2 amide bonds. The predicted molar refractivity (Wildman–Crippen MR) is 50.9 cm³/mol.